The number of nitrogens with one attached hydrogen (secondary N) is 1. The van der Waals surface area contributed by atoms with Gasteiger partial charge in [0.15, 0.2) is 0 Å². The van der Waals surface area contributed by atoms with Crippen LogP contribution in [0, 0.1) is 35.5 Å². The molecule has 2 heterocycles. The monoisotopic (exact) mass is 572 g/mol. The first-order valence-electron chi connectivity index (χ1n) is 13.2. The number of aryl methyl sites for hydroxylation is 1. The van der Waals surface area contributed by atoms with Crippen LogP contribution in [0.5, 0.6) is 0 Å². The second-order valence-electron chi connectivity index (χ2n) is 12.1. The van der Waals surface area contributed by atoms with Gasteiger partial charge >= 0.3 is 0 Å². The normalized spacial score (nSPS) is 37.5. The van der Waals surface area contributed by atoms with Gasteiger partial charge in [-0.3, -0.25) is 9.59 Å². The first-order chi connectivity index (χ1) is 17.0. The lowest BCUT2D eigenvalue weighted by molar-refractivity contribution is -0.143. The number of aliphatic hydroxyl groups is 2. The lowest BCUT2D eigenvalue weighted by atomic mass is 9.72. The van der Waals surface area contributed by atoms with Crippen LogP contribution >= 0.6 is 34.5 Å². The summed E-state index contributed by atoms with van der Waals surface area (Å²) >= 11 is 15.2. The van der Waals surface area contributed by atoms with E-state index in [9.17, 15) is 19.8 Å². The Balaban J connectivity index is 1.93. The van der Waals surface area contributed by atoms with E-state index in [1.807, 2.05) is 32.2 Å². The maximum absolute atomic E-state index is 13.3. The van der Waals surface area contributed by atoms with Gasteiger partial charge in [-0.1, -0.05) is 41.0 Å². The Morgan fingerprint density at radius 2 is 1.86 bits per heavy atom. The number of halogens is 2. The Bertz CT molecular complexity index is 1040. The molecule has 1 aliphatic heterocycles. The first kappa shape index (κ1) is 30.6. The van der Waals surface area contributed by atoms with E-state index in [0.29, 0.717) is 6.42 Å². The highest BCUT2D eigenvalue weighted by atomic mass is 35.5. The molecule has 0 aromatic carbocycles. The number of hydrogen-bond donors (Lipinski definition) is 3. The number of rotatable bonds is 2. The molecule has 0 spiro atoms. The summed E-state index contributed by atoms with van der Waals surface area (Å²) in [6, 6.07) is -0.350. The molecule has 0 radical (unpaired) electrons. The van der Waals surface area contributed by atoms with Gasteiger partial charge in [-0.2, -0.15) is 0 Å². The zero-order valence-electron chi connectivity index (χ0n) is 23.0. The number of hydrogen-bond acceptors (Lipinski definition) is 6. The number of carbonyl (C=O) groups is 2. The molecule has 9 heteroatoms. The fraction of sp³-hybridized carbons (Fsp3) is 0.750. The quantitative estimate of drug-likeness (QED) is 0.394. The fourth-order valence-electron chi connectivity index (χ4n) is 5.84. The Hall–Kier alpha value is -0.990. The Morgan fingerprint density at radius 1 is 1.22 bits per heavy atom. The van der Waals surface area contributed by atoms with Crippen molar-refractivity contribution in [2.75, 3.05) is 0 Å². The van der Waals surface area contributed by atoms with E-state index >= 15 is 0 Å². The lowest BCUT2D eigenvalue weighted by Gasteiger charge is -2.34. The molecule has 0 bridgehead atoms. The van der Waals surface area contributed by atoms with Gasteiger partial charge in [-0.25, -0.2) is 4.98 Å². The van der Waals surface area contributed by atoms with Gasteiger partial charge in [0.05, 0.1) is 40.8 Å². The molecule has 1 saturated carbocycles. The highest BCUT2D eigenvalue weighted by molar-refractivity contribution is 7.09. The van der Waals surface area contributed by atoms with Crippen molar-refractivity contribution in [1.29, 1.82) is 0 Å². The highest BCUT2D eigenvalue weighted by Gasteiger charge is 2.72. The van der Waals surface area contributed by atoms with Crippen molar-refractivity contribution in [3.05, 3.63) is 21.7 Å². The smallest absolute Gasteiger partial charge is 0.223 e. The number of Topliss-reactive ketones (excluding diaryl/α,β-unsaturated/α-hetero) is 1. The summed E-state index contributed by atoms with van der Waals surface area (Å²) in [5.74, 6) is -1.42. The SMILES string of the molecule is C/C(=C\c1csc(C)n1)C1CC2C(Cl)(Cl)C2(C)CCCC(C)C(O)C(C)C(=O)C(C)(C)C(O)CC(=O)N1. The molecule has 1 aromatic rings. The van der Waals surface area contributed by atoms with Gasteiger partial charge in [0.2, 0.25) is 5.91 Å². The van der Waals surface area contributed by atoms with Crippen LogP contribution in [0.2, 0.25) is 0 Å². The number of aromatic nitrogens is 1. The highest BCUT2D eigenvalue weighted by Crippen LogP contribution is 2.72. The molecule has 1 aromatic heterocycles. The van der Waals surface area contributed by atoms with Crippen LogP contribution in [0.25, 0.3) is 6.08 Å². The molecule has 6 nitrogen and oxygen atoms in total. The third-order valence-corrected chi connectivity index (χ3v) is 11.1. The summed E-state index contributed by atoms with van der Waals surface area (Å²) in [5, 5.41) is 27.9. The van der Waals surface area contributed by atoms with Crippen molar-refractivity contribution >= 4 is 52.3 Å². The number of ketones is 1. The molecule has 3 rings (SSSR count). The number of carbonyl (C=O) groups excluding carboxylic acids is 2. The van der Waals surface area contributed by atoms with E-state index in [0.717, 1.165) is 35.5 Å². The summed E-state index contributed by atoms with van der Waals surface area (Å²) in [6.45, 7) is 12.9. The molecule has 37 heavy (non-hydrogen) atoms. The average Bonchev–Trinajstić information content (AvgIpc) is 3.06. The van der Waals surface area contributed by atoms with E-state index in [4.69, 9.17) is 23.2 Å². The molecular formula is C28H42Cl2N2O4S. The Morgan fingerprint density at radius 3 is 2.46 bits per heavy atom. The molecular weight excluding hydrogens is 531 g/mol. The van der Waals surface area contributed by atoms with Gasteiger partial charge in [0.1, 0.15) is 10.1 Å². The molecule has 208 valence electrons. The third-order valence-electron chi connectivity index (χ3n) is 8.96. The topological polar surface area (TPSA) is 99.5 Å². The molecule has 3 N–H and O–H groups in total. The fourth-order valence-corrected chi connectivity index (χ4v) is 7.42. The van der Waals surface area contributed by atoms with Gasteiger partial charge in [0.25, 0.3) is 0 Å². The number of aliphatic hydroxyl groups excluding tert-OH is 2. The van der Waals surface area contributed by atoms with Gasteiger partial charge in [0, 0.05) is 22.6 Å². The minimum Gasteiger partial charge on any atom is -0.392 e. The summed E-state index contributed by atoms with van der Waals surface area (Å²) < 4.78 is -0.923. The predicted molar refractivity (Wildman–Crippen MR) is 151 cm³/mol. The molecule has 7 atom stereocenters. The summed E-state index contributed by atoms with van der Waals surface area (Å²) in [4.78, 5) is 31.0. The molecule has 1 amide bonds. The van der Waals surface area contributed by atoms with Crippen molar-refractivity contribution in [1.82, 2.24) is 10.3 Å². The molecule has 1 aliphatic carbocycles. The van der Waals surface area contributed by atoms with Crippen LogP contribution < -0.4 is 5.32 Å². The average molecular weight is 574 g/mol. The largest absolute Gasteiger partial charge is 0.392 e. The van der Waals surface area contributed by atoms with Crippen molar-refractivity contribution in [3.63, 3.8) is 0 Å². The van der Waals surface area contributed by atoms with Crippen molar-refractivity contribution in [2.45, 2.75) is 103 Å². The molecule has 1 saturated heterocycles. The van der Waals surface area contributed by atoms with Gasteiger partial charge in [-0.15, -0.1) is 34.5 Å². The molecule has 2 aliphatic rings. The van der Waals surface area contributed by atoms with E-state index in [2.05, 4.69) is 17.2 Å². The molecule has 7 unspecified atom stereocenters. The van der Waals surface area contributed by atoms with Gasteiger partial charge in [-0.05, 0) is 50.7 Å². The summed E-state index contributed by atoms with van der Waals surface area (Å²) in [6.07, 6.45) is 2.57. The molecule has 2 fully saturated rings. The Kier molecular flexibility index (Phi) is 9.28. The van der Waals surface area contributed by atoms with Crippen LogP contribution in [0.1, 0.15) is 84.3 Å². The van der Waals surface area contributed by atoms with E-state index in [-0.39, 0.29) is 41.4 Å². The first-order valence-corrected chi connectivity index (χ1v) is 14.8. The van der Waals surface area contributed by atoms with Crippen molar-refractivity contribution < 1.29 is 19.8 Å². The van der Waals surface area contributed by atoms with E-state index in [1.54, 1.807) is 32.1 Å². The predicted octanol–water partition coefficient (Wildman–Crippen LogP) is 5.70. The van der Waals surface area contributed by atoms with Crippen molar-refractivity contribution in [3.8, 4) is 0 Å². The van der Waals surface area contributed by atoms with Crippen LogP contribution in [-0.4, -0.2) is 49.5 Å². The standard InChI is InChI=1S/C28H42Cl2N2O4S/c1-15-9-8-10-27(7)21(28(27,29)30)12-20(16(2)11-19-14-37-18(4)31-19)32-23(34)13-22(33)26(5,6)25(36)17(3)24(15)35/h11,14-15,17,20-22,24,33,35H,8-10,12-13H2,1-7H3,(H,32,34)/b16-11+. The van der Waals surface area contributed by atoms with Crippen LogP contribution in [0.3, 0.4) is 0 Å². The van der Waals surface area contributed by atoms with Gasteiger partial charge < -0.3 is 15.5 Å². The summed E-state index contributed by atoms with van der Waals surface area (Å²) in [5.41, 5.74) is 0.231. The number of alkyl halides is 2. The van der Waals surface area contributed by atoms with E-state index in [1.165, 1.54) is 0 Å². The van der Waals surface area contributed by atoms with E-state index < -0.39 is 27.9 Å². The zero-order chi connectivity index (χ0) is 27.9. The Labute approximate surface area is 235 Å². The van der Waals surface area contributed by atoms with Crippen LogP contribution in [0.15, 0.2) is 11.0 Å². The van der Waals surface area contributed by atoms with Crippen LogP contribution in [-0.2, 0) is 9.59 Å². The number of nitrogens with zero attached hydrogens (tertiary/aromatic N) is 1. The third kappa shape index (κ3) is 6.27. The number of amides is 1. The zero-order valence-corrected chi connectivity index (χ0v) is 25.3. The maximum atomic E-state index is 13.3. The number of thiazole rings is 1. The summed E-state index contributed by atoms with van der Waals surface area (Å²) in [7, 11) is 0. The minimum absolute atomic E-state index is 0.0378. The van der Waals surface area contributed by atoms with Crippen molar-refractivity contribution in [2.24, 2.45) is 28.6 Å². The second kappa shape index (κ2) is 11.2. The lowest BCUT2D eigenvalue weighted by Crippen LogP contribution is -2.47. The second-order valence-corrected chi connectivity index (χ2v) is 14.5. The number of fused-ring (bicyclic) bond motifs is 1. The van der Waals surface area contributed by atoms with Crippen LogP contribution in [0.4, 0.5) is 0 Å². The minimum atomic E-state index is -1.20. The maximum Gasteiger partial charge on any atom is 0.223 e.